The summed E-state index contributed by atoms with van der Waals surface area (Å²) in [6.07, 6.45) is 5.25. The van der Waals surface area contributed by atoms with Crippen molar-refractivity contribution in [1.82, 2.24) is 10.3 Å². The van der Waals surface area contributed by atoms with Crippen molar-refractivity contribution in [2.45, 2.75) is 45.2 Å². The highest BCUT2D eigenvalue weighted by atomic mass is 32.1. The normalized spacial score (nSPS) is 23.6. The van der Waals surface area contributed by atoms with Crippen LogP contribution in [-0.2, 0) is 6.54 Å². The number of carbonyl (C=O) groups excluding carboxylic acids is 1. The van der Waals surface area contributed by atoms with Gasteiger partial charge in [0, 0.05) is 12.6 Å². The number of nitrogens with zero attached hydrogens (tertiary/aromatic N) is 1. The Morgan fingerprint density at radius 2 is 2.26 bits per heavy atom. The molecule has 2 unspecified atom stereocenters. The molecule has 1 aromatic heterocycles. The van der Waals surface area contributed by atoms with Gasteiger partial charge in [-0.3, -0.25) is 15.1 Å². The second-order valence-electron chi connectivity index (χ2n) is 5.49. The molecule has 2 atom stereocenters. The van der Waals surface area contributed by atoms with Gasteiger partial charge in [0.25, 0.3) is 5.91 Å². The highest BCUT2D eigenvalue weighted by molar-refractivity contribution is 7.12. The number of hydrogen-bond donors (Lipinski definition) is 2. The number of thiophene rings is 1. The summed E-state index contributed by atoms with van der Waals surface area (Å²) in [6, 6.07) is 2.65. The molecule has 4 nitrogen and oxygen atoms in total. The first kappa shape index (κ1) is 14.5. The molecule has 0 spiro atoms. The Morgan fingerprint density at radius 1 is 1.53 bits per heavy atom. The SMILES string of the molecule is CC1CCCCC1N(C)Cc1ccsc1C(=O)NN. The van der Waals surface area contributed by atoms with Gasteiger partial charge < -0.3 is 0 Å². The van der Waals surface area contributed by atoms with Crippen LogP contribution in [0.1, 0.15) is 47.8 Å². The summed E-state index contributed by atoms with van der Waals surface area (Å²) in [6.45, 7) is 3.16. The van der Waals surface area contributed by atoms with E-state index in [1.165, 1.54) is 37.0 Å². The van der Waals surface area contributed by atoms with Crippen LogP contribution < -0.4 is 11.3 Å². The summed E-state index contributed by atoms with van der Waals surface area (Å²) in [4.78, 5) is 14.8. The molecule has 0 bridgehead atoms. The van der Waals surface area contributed by atoms with Crippen LogP contribution in [0.15, 0.2) is 11.4 Å². The molecular weight excluding hydrogens is 258 g/mol. The minimum Gasteiger partial charge on any atom is -0.299 e. The van der Waals surface area contributed by atoms with Crippen LogP contribution in [0, 0.1) is 5.92 Å². The number of hydrazine groups is 1. The summed E-state index contributed by atoms with van der Waals surface area (Å²) >= 11 is 1.45. The lowest BCUT2D eigenvalue weighted by atomic mass is 9.85. The smallest absolute Gasteiger partial charge is 0.275 e. The summed E-state index contributed by atoms with van der Waals surface area (Å²) in [5.41, 5.74) is 3.30. The first-order valence-corrected chi connectivity index (χ1v) is 7.79. The fourth-order valence-electron chi connectivity index (χ4n) is 3.06. The van der Waals surface area contributed by atoms with Crippen LogP contribution in [-0.4, -0.2) is 23.9 Å². The molecule has 1 saturated carbocycles. The van der Waals surface area contributed by atoms with Crippen LogP contribution in [0.3, 0.4) is 0 Å². The van der Waals surface area contributed by atoms with Gasteiger partial charge in [0.15, 0.2) is 0 Å². The second kappa shape index (κ2) is 6.50. The number of rotatable bonds is 4. The third kappa shape index (κ3) is 3.35. The van der Waals surface area contributed by atoms with Crippen LogP contribution in [0.4, 0.5) is 0 Å². The van der Waals surface area contributed by atoms with Gasteiger partial charge in [-0.15, -0.1) is 11.3 Å². The number of amides is 1. The standard InChI is InChI=1S/C14H23N3OS/c1-10-5-3-4-6-12(10)17(2)9-11-7-8-19-13(11)14(18)16-15/h7-8,10,12H,3-6,9,15H2,1-2H3,(H,16,18). The minimum absolute atomic E-state index is 0.185. The van der Waals surface area contributed by atoms with Gasteiger partial charge in [0.2, 0.25) is 0 Å². The van der Waals surface area contributed by atoms with Crippen molar-refractivity contribution in [2.75, 3.05) is 7.05 Å². The highest BCUT2D eigenvalue weighted by Gasteiger charge is 2.25. The van der Waals surface area contributed by atoms with E-state index in [2.05, 4.69) is 24.3 Å². The molecular formula is C14H23N3OS. The molecule has 0 saturated heterocycles. The summed E-state index contributed by atoms with van der Waals surface area (Å²) in [5.74, 6) is 5.78. The molecule has 1 aliphatic rings. The molecule has 1 heterocycles. The Hall–Kier alpha value is -0.910. The average molecular weight is 281 g/mol. The van der Waals surface area contributed by atoms with Crippen molar-refractivity contribution >= 4 is 17.2 Å². The molecule has 0 radical (unpaired) electrons. The quantitative estimate of drug-likeness (QED) is 0.506. The highest BCUT2D eigenvalue weighted by Crippen LogP contribution is 2.29. The lowest BCUT2D eigenvalue weighted by Crippen LogP contribution is -2.39. The zero-order valence-corrected chi connectivity index (χ0v) is 12.5. The molecule has 106 valence electrons. The Labute approximate surface area is 118 Å². The Morgan fingerprint density at radius 3 is 2.95 bits per heavy atom. The molecule has 3 N–H and O–H groups in total. The third-order valence-corrected chi connectivity index (χ3v) is 5.09. The maximum absolute atomic E-state index is 11.7. The van der Waals surface area contributed by atoms with Crippen molar-refractivity contribution < 1.29 is 4.79 Å². The van der Waals surface area contributed by atoms with E-state index in [4.69, 9.17) is 5.84 Å². The fourth-order valence-corrected chi connectivity index (χ4v) is 3.88. The van der Waals surface area contributed by atoms with Gasteiger partial charge in [-0.2, -0.15) is 0 Å². The lowest BCUT2D eigenvalue weighted by molar-refractivity contribution is 0.0953. The zero-order valence-electron chi connectivity index (χ0n) is 11.7. The van der Waals surface area contributed by atoms with E-state index in [1.54, 1.807) is 0 Å². The second-order valence-corrected chi connectivity index (χ2v) is 6.41. The van der Waals surface area contributed by atoms with E-state index < -0.39 is 0 Å². The van der Waals surface area contributed by atoms with Crippen molar-refractivity contribution in [3.05, 3.63) is 21.9 Å². The monoisotopic (exact) mass is 281 g/mol. The Bertz CT molecular complexity index is 432. The van der Waals surface area contributed by atoms with E-state index in [0.717, 1.165) is 22.9 Å². The zero-order chi connectivity index (χ0) is 13.8. The maximum atomic E-state index is 11.7. The largest absolute Gasteiger partial charge is 0.299 e. The van der Waals surface area contributed by atoms with Crippen LogP contribution in [0.25, 0.3) is 0 Å². The fraction of sp³-hybridized carbons (Fsp3) is 0.643. The molecule has 1 aliphatic carbocycles. The van der Waals surface area contributed by atoms with Crippen molar-refractivity contribution in [3.8, 4) is 0 Å². The Balaban J connectivity index is 2.04. The van der Waals surface area contributed by atoms with Crippen molar-refractivity contribution in [2.24, 2.45) is 11.8 Å². The van der Waals surface area contributed by atoms with Crippen LogP contribution in [0.5, 0.6) is 0 Å². The average Bonchev–Trinajstić information content (AvgIpc) is 2.86. The molecule has 5 heteroatoms. The number of nitrogens with two attached hydrogens (primary N) is 1. The minimum atomic E-state index is -0.185. The summed E-state index contributed by atoms with van der Waals surface area (Å²) < 4.78 is 0. The predicted molar refractivity (Wildman–Crippen MR) is 78.9 cm³/mol. The molecule has 1 aromatic rings. The molecule has 0 aliphatic heterocycles. The topological polar surface area (TPSA) is 58.4 Å². The maximum Gasteiger partial charge on any atom is 0.275 e. The van der Waals surface area contributed by atoms with Gasteiger partial charge in [-0.05, 0) is 42.8 Å². The third-order valence-electron chi connectivity index (χ3n) is 4.14. The van der Waals surface area contributed by atoms with Gasteiger partial charge in [-0.25, -0.2) is 5.84 Å². The number of nitrogens with one attached hydrogen (secondary N) is 1. The van der Waals surface area contributed by atoms with Crippen LogP contribution >= 0.6 is 11.3 Å². The summed E-state index contributed by atoms with van der Waals surface area (Å²) in [5, 5.41) is 1.96. The lowest BCUT2D eigenvalue weighted by Gasteiger charge is -2.36. The number of hydrogen-bond acceptors (Lipinski definition) is 4. The van der Waals surface area contributed by atoms with Crippen LogP contribution in [0.2, 0.25) is 0 Å². The van der Waals surface area contributed by atoms with Gasteiger partial charge in [0.1, 0.15) is 0 Å². The van der Waals surface area contributed by atoms with Crippen molar-refractivity contribution in [1.29, 1.82) is 0 Å². The first-order chi connectivity index (χ1) is 9.13. The van der Waals surface area contributed by atoms with E-state index >= 15 is 0 Å². The number of carbonyl (C=O) groups is 1. The van der Waals surface area contributed by atoms with E-state index in [0.29, 0.717) is 6.04 Å². The van der Waals surface area contributed by atoms with Gasteiger partial charge >= 0.3 is 0 Å². The van der Waals surface area contributed by atoms with Gasteiger partial charge in [-0.1, -0.05) is 19.8 Å². The Kier molecular flexibility index (Phi) is 4.96. The summed E-state index contributed by atoms with van der Waals surface area (Å²) in [7, 11) is 2.16. The predicted octanol–water partition coefficient (Wildman–Crippen LogP) is 2.36. The van der Waals surface area contributed by atoms with E-state index in [1.807, 2.05) is 11.4 Å². The molecule has 0 aromatic carbocycles. The van der Waals surface area contributed by atoms with Crippen molar-refractivity contribution in [3.63, 3.8) is 0 Å². The van der Waals surface area contributed by atoms with E-state index in [9.17, 15) is 4.79 Å². The number of nitrogen functional groups attached to an aromatic ring is 1. The molecule has 19 heavy (non-hydrogen) atoms. The molecule has 1 fully saturated rings. The van der Waals surface area contributed by atoms with Gasteiger partial charge in [0.05, 0.1) is 4.88 Å². The molecule has 2 rings (SSSR count). The molecule has 1 amide bonds. The first-order valence-electron chi connectivity index (χ1n) is 6.91. The van der Waals surface area contributed by atoms with E-state index in [-0.39, 0.29) is 5.91 Å².